The van der Waals surface area contributed by atoms with Gasteiger partial charge in [-0.15, -0.1) is 10.2 Å². The van der Waals surface area contributed by atoms with E-state index in [-0.39, 0.29) is 16.9 Å². The number of thioether (sulfide) groups is 2. The Morgan fingerprint density at radius 3 is 2.68 bits per heavy atom. The number of rotatable bonds is 8. The number of ketones is 1. The SMILES string of the molecule is C=C(C)CSc1nnc(S[C@@H](C)C(=O)Nc2cccc(C(C)=O)c2)s1. The number of hydrogen-bond acceptors (Lipinski definition) is 7. The van der Waals surface area contributed by atoms with Crippen molar-refractivity contribution in [2.45, 2.75) is 34.7 Å². The molecule has 8 heteroatoms. The molecule has 2 aromatic rings. The van der Waals surface area contributed by atoms with Crippen LogP contribution in [0, 0.1) is 0 Å². The van der Waals surface area contributed by atoms with Gasteiger partial charge in [-0.3, -0.25) is 9.59 Å². The van der Waals surface area contributed by atoms with Crippen molar-refractivity contribution in [1.29, 1.82) is 0 Å². The number of anilines is 1. The number of carbonyl (C=O) groups excluding carboxylic acids is 2. The highest BCUT2D eigenvalue weighted by molar-refractivity contribution is 8.04. The molecule has 0 aliphatic heterocycles. The molecule has 1 amide bonds. The second-order valence-corrected chi connectivity index (χ2v) is 9.25. The molecular formula is C17H19N3O2S3. The molecule has 0 unspecified atom stereocenters. The van der Waals surface area contributed by atoms with Gasteiger partial charge >= 0.3 is 0 Å². The van der Waals surface area contributed by atoms with E-state index < -0.39 is 0 Å². The zero-order valence-electron chi connectivity index (χ0n) is 14.2. The summed E-state index contributed by atoms with van der Waals surface area (Å²) >= 11 is 4.43. The molecule has 0 bridgehead atoms. The summed E-state index contributed by atoms with van der Waals surface area (Å²) in [5.41, 5.74) is 2.26. The van der Waals surface area contributed by atoms with Crippen LogP contribution in [0.4, 0.5) is 5.69 Å². The average molecular weight is 394 g/mol. The van der Waals surface area contributed by atoms with Crippen LogP contribution in [0.2, 0.25) is 0 Å². The van der Waals surface area contributed by atoms with E-state index in [1.165, 1.54) is 30.0 Å². The molecule has 5 nitrogen and oxygen atoms in total. The summed E-state index contributed by atoms with van der Waals surface area (Å²) < 4.78 is 1.62. The minimum Gasteiger partial charge on any atom is -0.325 e. The number of nitrogens with zero attached hydrogens (tertiary/aromatic N) is 2. The van der Waals surface area contributed by atoms with E-state index >= 15 is 0 Å². The van der Waals surface area contributed by atoms with E-state index in [0.29, 0.717) is 11.3 Å². The highest BCUT2D eigenvalue weighted by atomic mass is 32.2. The molecule has 0 saturated heterocycles. The van der Waals surface area contributed by atoms with Crippen molar-refractivity contribution in [1.82, 2.24) is 10.2 Å². The Morgan fingerprint density at radius 2 is 2.00 bits per heavy atom. The molecule has 132 valence electrons. The first-order valence-corrected chi connectivity index (χ1v) is 10.2. The summed E-state index contributed by atoms with van der Waals surface area (Å²) in [5, 5.41) is 10.7. The number of hydrogen-bond donors (Lipinski definition) is 1. The molecule has 1 heterocycles. The van der Waals surface area contributed by atoms with Crippen molar-refractivity contribution in [2.75, 3.05) is 11.1 Å². The van der Waals surface area contributed by atoms with Crippen LogP contribution in [0.5, 0.6) is 0 Å². The quantitative estimate of drug-likeness (QED) is 0.404. The number of amides is 1. The van der Waals surface area contributed by atoms with Gasteiger partial charge < -0.3 is 5.32 Å². The van der Waals surface area contributed by atoms with Gasteiger partial charge in [0.2, 0.25) is 5.91 Å². The highest BCUT2D eigenvalue weighted by Gasteiger charge is 2.18. The van der Waals surface area contributed by atoms with Crippen molar-refractivity contribution in [2.24, 2.45) is 0 Å². The van der Waals surface area contributed by atoms with Crippen LogP contribution >= 0.6 is 34.9 Å². The molecule has 2 rings (SSSR count). The largest absolute Gasteiger partial charge is 0.325 e. The number of carbonyl (C=O) groups is 2. The molecule has 1 aromatic heterocycles. The molecule has 25 heavy (non-hydrogen) atoms. The zero-order chi connectivity index (χ0) is 18.4. The minimum absolute atomic E-state index is 0.0350. The van der Waals surface area contributed by atoms with Crippen molar-refractivity contribution in [3.05, 3.63) is 42.0 Å². The maximum Gasteiger partial charge on any atom is 0.237 e. The van der Waals surface area contributed by atoms with Crippen molar-refractivity contribution < 1.29 is 9.59 Å². The Balaban J connectivity index is 1.93. The number of Topliss-reactive ketones (excluding diaryl/α,β-unsaturated/α-hetero) is 1. The molecular weight excluding hydrogens is 374 g/mol. The van der Waals surface area contributed by atoms with Crippen LogP contribution in [0.3, 0.4) is 0 Å². The summed E-state index contributed by atoms with van der Waals surface area (Å²) in [6, 6.07) is 6.91. The minimum atomic E-state index is -0.326. The van der Waals surface area contributed by atoms with E-state index in [1.807, 2.05) is 13.8 Å². The lowest BCUT2D eigenvalue weighted by molar-refractivity contribution is -0.115. The normalized spacial score (nSPS) is 11.8. The zero-order valence-corrected chi connectivity index (χ0v) is 16.7. The van der Waals surface area contributed by atoms with Gasteiger partial charge in [-0.1, -0.05) is 59.1 Å². The van der Waals surface area contributed by atoms with Gasteiger partial charge in [-0.25, -0.2) is 0 Å². The maximum atomic E-state index is 12.3. The Kier molecular flexibility index (Phi) is 7.22. The molecule has 0 radical (unpaired) electrons. The van der Waals surface area contributed by atoms with Gasteiger partial charge in [0.15, 0.2) is 14.5 Å². The van der Waals surface area contributed by atoms with Gasteiger partial charge in [0.1, 0.15) is 0 Å². The summed E-state index contributed by atoms with van der Waals surface area (Å²) in [6.07, 6.45) is 0. The fourth-order valence-electron chi connectivity index (χ4n) is 1.75. The Morgan fingerprint density at radius 1 is 1.28 bits per heavy atom. The second kappa shape index (κ2) is 9.17. The van der Waals surface area contributed by atoms with E-state index in [1.54, 1.807) is 36.0 Å². The second-order valence-electron chi connectivity index (χ2n) is 5.47. The summed E-state index contributed by atoms with van der Waals surface area (Å²) in [5.74, 6) is 0.631. The Hall–Kier alpha value is -1.64. The fraction of sp³-hybridized carbons (Fsp3) is 0.294. The molecule has 0 aliphatic rings. The molecule has 0 spiro atoms. The van der Waals surface area contributed by atoms with Gasteiger partial charge in [0.05, 0.1) is 5.25 Å². The molecule has 1 aromatic carbocycles. The Bertz CT molecular complexity index is 789. The van der Waals surface area contributed by atoms with Gasteiger partial charge in [0, 0.05) is 17.0 Å². The first kappa shape index (κ1) is 19.7. The fourth-order valence-corrected chi connectivity index (χ4v) is 4.76. The molecule has 0 fully saturated rings. The smallest absolute Gasteiger partial charge is 0.237 e. The van der Waals surface area contributed by atoms with Gasteiger partial charge in [-0.05, 0) is 32.9 Å². The van der Waals surface area contributed by atoms with Crippen LogP contribution in [-0.2, 0) is 4.79 Å². The average Bonchev–Trinajstić information content (AvgIpc) is 3.00. The summed E-state index contributed by atoms with van der Waals surface area (Å²) in [4.78, 5) is 23.8. The monoisotopic (exact) mass is 393 g/mol. The highest BCUT2D eigenvalue weighted by Crippen LogP contribution is 2.32. The van der Waals surface area contributed by atoms with Gasteiger partial charge in [0.25, 0.3) is 0 Å². The van der Waals surface area contributed by atoms with Crippen molar-refractivity contribution in [3.8, 4) is 0 Å². The van der Waals surface area contributed by atoms with Crippen molar-refractivity contribution in [3.63, 3.8) is 0 Å². The first-order chi connectivity index (χ1) is 11.8. The molecule has 0 saturated carbocycles. The maximum absolute atomic E-state index is 12.3. The van der Waals surface area contributed by atoms with E-state index in [9.17, 15) is 9.59 Å². The lowest BCUT2D eigenvalue weighted by Crippen LogP contribution is -2.22. The lowest BCUT2D eigenvalue weighted by atomic mass is 10.1. The topological polar surface area (TPSA) is 72.0 Å². The number of nitrogens with one attached hydrogen (secondary N) is 1. The summed E-state index contributed by atoms with van der Waals surface area (Å²) in [7, 11) is 0. The third-order valence-electron chi connectivity index (χ3n) is 3.01. The third kappa shape index (κ3) is 6.30. The van der Waals surface area contributed by atoms with E-state index in [4.69, 9.17) is 0 Å². The number of benzene rings is 1. The van der Waals surface area contributed by atoms with Crippen LogP contribution in [0.1, 0.15) is 31.1 Å². The standard InChI is InChI=1S/C17H19N3O2S3/c1-10(2)9-23-16-19-20-17(25-16)24-12(4)15(22)18-14-7-5-6-13(8-14)11(3)21/h5-8,12H,1,9H2,2-4H3,(H,18,22)/t12-/m0/s1. The molecule has 1 N–H and O–H groups in total. The summed E-state index contributed by atoms with van der Waals surface area (Å²) in [6.45, 7) is 9.15. The third-order valence-corrected chi connectivity index (χ3v) is 6.48. The van der Waals surface area contributed by atoms with Crippen molar-refractivity contribution >= 4 is 52.2 Å². The van der Waals surface area contributed by atoms with Crippen LogP contribution < -0.4 is 5.32 Å². The molecule has 1 atom stereocenters. The van der Waals surface area contributed by atoms with E-state index in [2.05, 4.69) is 22.1 Å². The molecule has 0 aliphatic carbocycles. The Labute approximate surface area is 159 Å². The van der Waals surface area contributed by atoms with Crippen LogP contribution in [0.25, 0.3) is 0 Å². The van der Waals surface area contributed by atoms with E-state index in [0.717, 1.165) is 20.0 Å². The van der Waals surface area contributed by atoms with Crippen LogP contribution in [0.15, 0.2) is 45.1 Å². The first-order valence-electron chi connectivity index (χ1n) is 7.54. The predicted molar refractivity (Wildman–Crippen MR) is 106 cm³/mol. The van der Waals surface area contributed by atoms with Crippen LogP contribution in [-0.4, -0.2) is 32.9 Å². The van der Waals surface area contributed by atoms with Gasteiger partial charge in [-0.2, -0.15) is 0 Å². The number of aromatic nitrogens is 2. The predicted octanol–water partition coefficient (Wildman–Crippen LogP) is 4.53. The lowest BCUT2D eigenvalue weighted by Gasteiger charge is -2.10.